The Kier molecular flexibility index (Phi) is 7.54. The molecule has 4 rings (SSSR count). The van der Waals surface area contributed by atoms with E-state index in [1.165, 1.54) is 17.7 Å². The Morgan fingerprint density at radius 2 is 1.94 bits per heavy atom. The van der Waals surface area contributed by atoms with Gasteiger partial charge in [0.1, 0.15) is 16.5 Å². The van der Waals surface area contributed by atoms with E-state index in [2.05, 4.69) is 37.2 Å². The molecule has 0 spiro atoms. The molecule has 8 nitrogen and oxygen atoms in total. The molecular formula is C24H26BrClN4O4. The van der Waals surface area contributed by atoms with E-state index >= 15 is 0 Å². The van der Waals surface area contributed by atoms with Crippen LogP contribution in [0.1, 0.15) is 47.2 Å². The van der Waals surface area contributed by atoms with E-state index in [1.807, 2.05) is 19.1 Å². The van der Waals surface area contributed by atoms with Crippen LogP contribution >= 0.6 is 27.5 Å². The Morgan fingerprint density at radius 3 is 2.62 bits per heavy atom. The Labute approximate surface area is 211 Å². The molecule has 1 aromatic heterocycles. The number of halogens is 2. The number of benzene rings is 1. The predicted molar refractivity (Wildman–Crippen MR) is 132 cm³/mol. The molecular weight excluding hydrogens is 524 g/mol. The van der Waals surface area contributed by atoms with Gasteiger partial charge in [0.25, 0.3) is 0 Å². The monoisotopic (exact) mass is 548 g/mol. The van der Waals surface area contributed by atoms with E-state index in [0.29, 0.717) is 17.4 Å². The van der Waals surface area contributed by atoms with Crippen LogP contribution in [-0.4, -0.2) is 62.8 Å². The summed E-state index contributed by atoms with van der Waals surface area (Å²) in [5.41, 5.74) is 2.28. The van der Waals surface area contributed by atoms with Gasteiger partial charge in [-0.2, -0.15) is 0 Å². The number of anilines is 1. The molecule has 1 atom stereocenters. The van der Waals surface area contributed by atoms with Crippen molar-refractivity contribution >= 4 is 51.1 Å². The van der Waals surface area contributed by atoms with Gasteiger partial charge in [0.15, 0.2) is 0 Å². The molecule has 2 aromatic rings. The lowest BCUT2D eigenvalue weighted by molar-refractivity contribution is -0.136. The number of hydrogen-bond acceptors (Lipinski definition) is 5. The average molecular weight is 550 g/mol. The summed E-state index contributed by atoms with van der Waals surface area (Å²) >= 11 is 9.31. The molecule has 0 saturated carbocycles. The number of carboxylic acids is 1. The standard InChI is InChI=1S/C24H26BrClN4O4/c1-14-10-15(2-3-18(14)26)13-29-8-6-17(7-9-29)30-19(4-5-22(30)31)23(32)28-21-12-16(24(33)34)11-20(25)27-21/h2-3,10-12,17,19H,4-9,13H2,1H3,(H,33,34)(H,27,28,32). The van der Waals surface area contributed by atoms with Gasteiger partial charge in [0.05, 0.1) is 5.56 Å². The van der Waals surface area contributed by atoms with E-state index in [9.17, 15) is 19.5 Å². The second-order valence-electron chi connectivity index (χ2n) is 8.80. The minimum Gasteiger partial charge on any atom is -0.478 e. The number of likely N-dealkylation sites (tertiary alicyclic amines) is 2. The number of carboxylic acid groups (broad SMARTS) is 1. The highest BCUT2D eigenvalue weighted by molar-refractivity contribution is 9.10. The average Bonchev–Trinajstić information content (AvgIpc) is 3.18. The van der Waals surface area contributed by atoms with E-state index in [0.717, 1.165) is 43.1 Å². The third-order valence-corrected chi connectivity index (χ3v) is 7.26. The van der Waals surface area contributed by atoms with Gasteiger partial charge < -0.3 is 15.3 Å². The number of rotatable bonds is 6. The number of aromatic carboxylic acids is 1. The molecule has 34 heavy (non-hydrogen) atoms. The zero-order valence-electron chi connectivity index (χ0n) is 18.8. The van der Waals surface area contributed by atoms with Crippen molar-refractivity contribution in [2.75, 3.05) is 18.4 Å². The Bertz CT molecular complexity index is 1120. The summed E-state index contributed by atoms with van der Waals surface area (Å²) in [6.45, 7) is 4.48. The second-order valence-corrected chi connectivity index (χ2v) is 10.0. The Morgan fingerprint density at radius 1 is 1.21 bits per heavy atom. The number of aryl methyl sites for hydroxylation is 1. The fraction of sp³-hybridized carbons (Fsp3) is 0.417. The Hall–Kier alpha value is -2.49. The van der Waals surface area contributed by atoms with Gasteiger partial charge in [-0.15, -0.1) is 0 Å². The van der Waals surface area contributed by atoms with Crippen molar-refractivity contribution in [3.05, 3.63) is 56.6 Å². The summed E-state index contributed by atoms with van der Waals surface area (Å²) in [6.07, 6.45) is 2.35. The van der Waals surface area contributed by atoms with Crippen LogP contribution in [0.4, 0.5) is 5.82 Å². The lowest BCUT2D eigenvalue weighted by atomic mass is 10.0. The maximum Gasteiger partial charge on any atom is 0.335 e. The van der Waals surface area contributed by atoms with E-state index < -0.39 is 12.0 Å². The van der Waals surface area contributed by atoms with Gasteiger partial charge in [-0.25, -0.2) is 9.78 Å². The molecule has 0 aliphatic carbocycles. The fourth-order valence-electron chi connectivity index (χ4n) is 4.73. The quantitative estimate of drug-likeness (QED) is 0.526. The van der Waals surface area contributed by atoms with Gasteiger partial charge in [-0.3, -0.25) is 14.5 Å². The molecule has 1 unspecified atom stereocenters. The highest BCUT2D eigenvalue weighted by Gasteiger charge is 2.41. The molecule has 2 fully saturated rings. The lowest BCUT2D eigenvalue weighted by Crippen LogP contribution is -2.51. The van der Waals surface area contributed by atoms with Crippen LogP contribution in [0.15, 0.2) is 34.9 Å². The van der Waals surface area contributed by atoms with Gasteiger partial charge in [0.2, 0.25) is 11.8 Å². The first-order valence-corrected chi connectivity index (χ1v) is 12.4. The largest absolute Gasteiger partial charge is 0.478 e. The van der Waals surface area contributed by atoms with Crippen LogP contribution in [0.2, 0.25) is 5.02 Å². The van der Waals surface area contributed by atoms with Gasteiger partial charge in [0, 0.05) is 37.1 Å². The number of pyridine rings is 1. The van der Waals surface area contributed by atoms with Crippen molar-refractivity contribution in [2.24, 2.45) is 0 Å². The summed E-state index contributed by atoms with van der Waals surface area (Å²) in [7, 11) is 0. The van der Waals surface area contributed by atoms with E-state index in [-0.39, 0.29) is 29.2 Å². The summed E-state index contributed by atoms with van der Waals surface area (Å²) in [4.78, 5) is 45.3. The zero-order chi connectivity index (χ0) is 24.4. The van der Waals surface area contributed by atoms with Gasteiger partial charge >= 0.3 is 5.97 Å². The van der Waals surface area contributed by atoms with Crippen molar-refractivity contribution in [3.8, 4) is 0 Å². The van der Waals surface area contributed by atoms with Crippen molar-refractivity contribution in [1.82, 2.24) is 14.8 Å². The molecule has 2 saturated heterocycles. The number of hydrogen-bond donors (Lipinski definition) is 2. The van der Waals surface area contributed by atoms with Crippen LogP contribution in [0.25, 0.3) is 0 Å². The fourth-order valence-corrected chi connectivity index (χ4v) is 5.29. The van der Waals surface area contributed by atoms with E-state index in [1.54, 1.807) is 4.90 Å². The SMILES string of the molecule is Cc1cc(CN2CCC(N3C(=O)CCC3C(=O)Nc3cc(C(=O)O)cc(Br)n3)CC2)ccc1Cl. The minimum absolute atomic E-state index is 0.000923. The highest BCUT2D eigenvalue weighted by atomic mass is 79.9. The maximum atomic E-state index is 13.0. The summed E-state index contributed by atoms with van der Waals surface area (Å²) in [5, 5.41) is 12.7. The normalized spacial score (nSPS) is 19.4. The maximum absolute atomic E-state index is 13.0. The number of nitrogens with zero attached hydrogens (tertiary/aromatic N) is 3. The molecule has 2 amide bonds. The third-order valence-electron chi connectivity index (χ3n) is 6.43. The van der Waals surface area contributed by atoms with Gasteiger partial charge in [-0.1, -0.05) is 23.7 Å². The van der Waals surface area contributed by atoms with Crippen molar-refractivity contribution < 1.29 is 19.5 Å². The van der Waals surface area contributed by atoms with Crippen LogP contribution in [0, 0.1) is 6.92 Å². The smallest absolute Gasteiger partial charge is 0.335 e. The molecule has 2 aliphatic heterocycles. The molecule has 1 aromatic carbocycles. The molecule has 0 radical (unpaired) electrons. The second kappa shape index (κ2) is 10.4. The molecule has 2 aliphatic rings. The topological polar surface area (TPSA) is 103 Å². The zero-order valence-corrected chi connectivity index (χ0v) is 21.1. The minimum atomic E-state index is -1.11. The first kappa shape index (κ1) is 24.6. The molecule has 180 valence electrons. The number of amides is 2. The third kappa shape index (κ3) is 5.59. The molecule has 10 heteroatoms. The molecule has 3 heterocycles. The Balaban J connectivity index is 1.39. The van der Waals surface area contributed by atoms with Crippen LogP contribution in [-0.2, 0) is 16.1 Å². The lowest BCUT2D eigenvalue weighted by Gasteiger charge is -2.39. The summed E-state index contributed by atoms with van der Waals surface area (Å²) in [5.74, 6) is -1.33. The number of carbonyl (C=O) groups is 3. The van der Waals surface area contributed by atoms with Crippen molar-refractivity contribution in [3.63, 3.8) is 0 Å². The number of carbonyl (C=O) groups excluding carboxylic acids is 2. The first-order valence-electron chi connectivity index (χ1n) is 11.2. The highest BCUT2D eigenvalue weighted by Crippen LogP contribution is 2.29. The predicted octanol–water partition coefficient (Wildman–Crippen LogP) is 4.10. The van der Waals surface area contributed by atoms with Crippen LogP contribution < -0.4 is 5.32 Å². The molecule has 0 bridgehead atoms. The van der Waals surface area contributed by atoms with Crippen molar-refractivity contribution in [1.29, 1.82) is 0 Å². The van der Waals surface area contributed by atoms with Crippen molar-refractivity contribution in [2.45, 2.75) is 51.2 Å². The van der Waals surface area contributed by atoms with Gasteiger partial charge in [-0.05, 0) is 71.4 Å². The number of nitrogens with one attached hydrogen (secondary N) is 1. The van der Waals surface area contributed by atoms with Crippen LogP contribution in [0.5, 0.6) is 0 Å². The van der Waals surface area contributed by atoms with E-state index in [4.69, 9.17) is 11.6 Å². The number of aromatic nitrogens is 1. The molecule has 2 N–H and O–H groups in total. The summed E-state index contributed by atoms with van der Waals surface area (Å²) < 4.78 is 0.310. The first-order chi connectivity index (χ1) is 16.2. The summed E-state index contributed by atoms with van der Waals surface area (Å²) in [6, 6.07) is 8.15. The number of piperidine rings is 1. The van der Waals surface area contributed by atoms with Crippen LogP contribution in [0.3, 0.4) is 0 Å².